The molecule has 0 bridgehead atoms. The summed E-state index contributed by atoms with van der Waals surface area (Å²) in [4.78, 5) is 14.5. The number of nitrogens with zero attached hydrogens (tertiary/aromatic N) is 1. The van der Waals surface area contributed by atoms with Crippen molar-refractivity contribution in [3.63, 3.8) is 0 Å². The van der Waals surface area contributed by atoms with Crippen molar-refractivity contribution in [3.05, 3.63) is 35.4 Å². The van der Waals surface area contributed by atoms with Gasteiger partial charge in [-0.1, -0.05) is 24.3 Å². The minimum Gasteiger partial charge on any atom is -0.379 e. The van der Waals surface area contributed by atoms with Gasteiger partial charge >= 0.3 is 0 Å². The van der Waals surface area contributed by atoms with E-state index in [0.717, 1.165) is 64.3 Å². The van der Waals surface area contributed by atoms with E-state index < -0.39 is 0 Å². The molecule has 1 unspecified atom stereocenters. The van der Waals surface area contributed by atoms with Crippen LogP contribution in [0.25, 0.3) is 0 Å². The summed E-state index contributed by atoms with van der Waals surface area (Å²) in [6.07, 6.45) is 2.09. The maximum absolute atomic E-state index is 12.1. The molecule has 0 radical (unpaired) electrons. The fraction of sp³-hybridized carbons (Fsp3) is 0.611. The van der Waals surface area contributed by atoms with Crippen LogP contribution in [-0.2, 0) is 22.6 Å². The zero-order valence-electron chi connectivity index (χ0n) is 13.7. The summed E-state index contributed by atoms with van der Waals surface area (Å²) >= 11 is 0. The molecule has 126 valence electrons. The van der Waals surface area contributed by atoms with Gasteiger partial charge in [-0.15, -0.1) is 0 Å². The average molecular weight is 317 g/mol. The first-order valence-electron chi connectivity index (χ1n) is 8.67. The number of rotatable bonds is 5. The van der Waals surface area contributed by atoms with Crippen LogP contribution in [0.15, 0.2) is 24.3 Å². The van der Waals surface area contributed by atoms with Crippen molar-refractivity contribution >= 4 is 5.91 Å². The number of hydrogen-bond donors (Lipinski definition) is 2. The quantitative estimate of drug-likeness (QED) is 0.855. The molecule has 2 aliphatic heterocycles. The van der Waals surface area contributed by atoms with Crippen molar-refractivity contribution in [2.45, 2.75) is 25.9 Å². The molecular weight excluding hydrogens is 290 g/mol. The second kappa shape index (κ2) is 8.43. The first-order chi connectivity index (χ1) is 11.3. The summed E-state index contributed by atoms with van der Waals surface area (Å²) < 4.78 is 5.37. The molecule has 2 N–H and O–H groups in total. The largest absolute Gasteiger partial charge is 0.379 e. The van der Waals surface area contributed by atoms with Crippen LogP contribution in [0.4, 0.5) is 0 Å². The molecule has 2 heterocycles. The Morgan fingerprint density at radius 2 is 1.96 bits per heavy atom. The monoisotopic (exact) mass is 317 g/mol. The highest BCUT2D eigenvalue weighted by Crippen LogP contribution is 2.11. The van der Waals surface area contributed by atoms with Gasteiger partial charge in [0.2, 0.25) is 5.91 Å². The van der Waals surface area contributed by atoms with Crippen molar-refractivity contribution in [2.24, 2.45) is 5.92 Å². The fourth-order valence-corrected chi connectivity index (χ4v) is 3.19. The first-order valence-corrected chi connectivity index (χ1v) is 8.67. The van der Waals surface area contributed by atoms with Crippen LogP contribution in [0.5, 0.6) is 0 Å². The Balaban J connectivity index is 1.44. The predicted molar refractivity (Wildman–Crippen MR) is 90.0 cm³/mol. The molecule has 3 rings (SSSR count). The molecule has 0 aliphatic carbocycles. The lowest BCUT2D eigenvalue weighted by atomic mass is 9.99. The van der Waals surface area contributed by atoms with Gasteiger partial charge in [0.15, 0.2) is 0 Å². The first kappa shape index (κ1) is 16.4. The topological polar surface area (TPSA) is 53.6 Å². The van der Waals surface area contributed by atoms with Gasteiger partial charge in [-0.05, 0) is 30.5 Å². The third-order valence-corrected chi connectivity index (χ3v) is 4.67. The molecule has 5 heteroatoms. The van der Waals surface area contributed by atoms with Gasteiger partial charge in [-0.3, -0.25) is 9.69 Å². The van der Waals surface area contributed by atoms with E-state index in [9.17, 15) is 4.79 Å². The molecular formula is C18H27N3O2. The van der Waals surface area contributed by atoms with Crippen LogP contribution < -0.4 is 10.6 Å². The van der Waals surface area contributed by atoms with Gasteiger partial charge in [-0.25, -0.2) is 0 Å². The summed E-state index contributed by atoms with van der Waals surface area (Å²) in [6, 6.07) is 8.57. The smallest absolute Gasteiger partial charge is 0.224 e. The normalized spacial score (nSPS) is 22.7. The van der Waals surface area contributed by atoms with Crippen LogP contribution in [0.3, 0.4) is 0 Å². The van der Waals surface area contributed by atoms with E-state index in [1.54, 1.807) is 0 Å². The van der Waals surface area contributed by atoms with Crippen molar-refractivity contribution in [2.75, 3.05) is 39.4 Å². The second-order valence-electron chi connectivity index (χ2n) is 6.47. The number of carbonyl (C=O) groups excluding carboxylic acids is 1. The summed E-state index contributed by atoms with van der Waals surface area (Å²) in [5.41, 5.74) is 2.48. The standard InChI is InChI=1S/C18H27N3O2/c22-18(17-2-1-7-19-13-17)20-12-15-3-5-16(6-4-15)14-21-8-10-23-11-9-21/h3-6,17,19H,1-2,7-14H2,(H,20,22). The number of benzene rings is 1. The van der Waals surface area contributed by atoms with Crippen molar-refractivity contribution in [3.8, 4) is 0 Å². The number of amides is 1. The highest BCUT2D eigenvalue weighted by molar-refractivity contribution is 5.78. The van der Waals surface area contributed by atoms with Crippen LogP contribution in [0.2, 0.25) is 0 Å². The lowest BCUT2D eigenvalue weighted by Crippen LogP contribution is -2.40. The number of hydrogen-bond acceptors (Lipinski definition) is 4. The molecule has 1 aromatic carbocycles. The molecule has 1 amide bonds. The maximum atomic E-state index is 12.1. The number of piperidine rings is 1. The molecule has 23 heavy (non-hydrogen) atoms. The third-order valence-electron chi connectivity index (χ3n) is 4.67. The van der Waals surface area contributed by atoms with E-state index in [0.29, 0.717) is 6.54 Å². The molecule has 0 saturated carbocycles. The van der Waals surface area contributed by atoms with Gasteiger partial charge < -0.3 is 15.4 Å². The van der Waals surface area contributed by atoms with Crippen LogP contribution in [-0.4, -0.2) is 50.2 Å². The van der Waals surface area contributed by atoms with E-state index in [-0.39, 0.29) is 11.8 Å². The number of ether oxygens (including phenoxy) is 1. The van der Waals surface area contributed by atoms with E-state index in [1.165, 1.54) is 5.56 Å². The van der Waals surface area contributed by atoms with Gasteiger partial charge in [0, 0.05) is 32.7 Å². The maximum Gasteiger partial charge on any atom is 0.224 e. The molecule has 0 aromatic heterocycles. The average Bonchev–Trinajstić information content (AvgIpc) is 2.62. The molecule has 2 fully saturated rings. The molecule has 1 atom stereocenters. The fourth-order valence-electron chi connectivity index (χ4n) is 3.19. The number of nitrogens with one attached hydrogen (secondary N) is 2. The van der Waals surface area contributed by atoms with Crippen LogP contribution in [0.1, 0.15) is 24.0 Å². The van der Waals surface area contributed by atoms with Crippen molar-refractivity contribution in [1.29, 1.82) is 0 Å². The summed E-state index contributed by atoms with van der Waals surface area (Å²) in [7, 11) is 0. The van der Waals surface area contributed by atoms with Gasteiger partial charge in [0.25, 0.3) is 0 Å². The Kier molecular flexibility index (Phi) is 6.02. The zero-order valence-corrected chi connectivity index (χ0v) is 13.7. The summed E-state index contributed by atoms with van der Waals surface area (Å²) in [6.45, 7) is 7.12. The lowest BCUT2D eigenvalue weighted by Gasteiger charge is -2.26. The van der Waals surface area contributed by atoms with Gasteiger partial charge in [0.05, 0.1) is 19.1 Å². The minimum absolute atomic E-state index is 0.129. The zero-order chi connectivity index (χ0) is 15.9. The van der Waals surface area contributed by atoms with E-state index in [2.05, 4.69) is 39.8 Å². The lowest BCUT2D eigenvalue weighted by molar-refractivity contribution is -0.125. The van der Waals surface area contributed by atoms with Gasteiger partial charge in [0.1, 0.15) is 0 Å². The van der Waals surface area contributed by atoms with E-state index >= 15 is 0 Å². The Morgan fingerprint density at radius 3 is 2.65 bits per heavy atom. The molecule has 0 spiro atoms. The molecule has 1 aromatic rings. The van der Waals surface area contributed by atoms with E-state index in [4.69, 9.17) is 4.74 Å². The third kappa shape index (κ3) is 5.03. The van der Waals surface area contributed by atoms with Gasteiger partial charge in [-0.2, -0.15) is 0 Å². The summed E-state index contributed by atoms with van der Waals surface area (Å²) in [5.74, 6) is 0.305. The Morgan fingerprint density at radius 1 is 1.22 bits per heavy atom. The van der Waals surface area contributed by atoms with Crippen LogP contribution in [0, 0.1) is 5.92 Å². The van der Waals surface area contributed by atoms with Crippen molar-refractivity contribution in [1.82, 2.24) is 15.5 Å². The second-order valence-corrected chi connectivity index (χ2v) is 6.47. The number of carbonyl (C=O) groups is 1. The van der Waals surface area contributed by atoms with Crippen LogP contribution >= 0.6 is 0 Å². The predicted octanol–water partition coefficient (Wildman–Crippen LogP) is 1.13. The Hall–Kier alpha value is -1.43. The molecule has 5 nitrogen and oxygen atoms in total. The van der Waals surface area contributed by atoms with Crippen molar-refractivity contribution < 1.29 is 9.53 Å². The highest BCUT2D eigenvalue weighted by atomic mass is 16.5. The Bertz CT molecular complexity index is 491. The minimum atomic E-state index is 0.129. The number of morpholine rings is 1. The highest BCUT2D eigenvalue weighted by Gasteiger charge is 2.20. The SMILES string of the molecule is O=C(NCc1ccc(CN2CCOCC2)cc1)C1CCCNC1. The summed E-state index contributed by atoms with van der Waals surface area (Å²) in [5, 5.41) is 6.35. The Labute approximate surface area is 138 Å². The molecule has 2 saturated heterocycles. The van der Waals surface area contributed by atoms with E-state index in [1.807, 2.05) is 0 Å². The molecule has 2 aliphatic rings.